The van der Waals surface area contributed by atoms with Crippen LogP contribution in [-0.2, 0) is 7.05 Å². The summed E-state index contributed by atoms with van der Waals surface area (Å²) >= 11 is 0. The molecule has 0 saturated carbocycles. The highest BCUT2D eigenvalue weighted by Crippen LogP contribution is 2.28. The molecule has 0 aliphatic rings. The van der Waals surface area contributed by atoms with E-state index in [-0.39, 0.29) is 23.2 Å². The van der Waals surface area contributed by atoms with E-state index in [1.165, 1.54) is 4.68 Å². The molecule has 7 N–H and O–H groups in total. The Hall–Kier alpha value is -4.54. The highest BCUT2D eigenvalue weighted by molar-refractivity contribution is 5.71. The van der Waals surface area contributed by atoms with Gasteiger partial charge in [0.1, 0.15) is 22.9 Å². The average molecular weight is 402 g/mol. The van der Waals surface area contributed by atoms with Gasteiger partial charge in [-0.3, -0.25) is 5.41 Å². The number of nitrogens with one attached hydrogen (secondary N) is 1. The summed E-state index contributed by atoms with van der Waals surface area (Å²) in [6.07, 6.45) is 0. The van der Waals surface area contributed by atoms with E-state index in [2.05, 4.69) is 25.3 Å². The second-order valence-electron chi connectivity index (χ2n) is 6.35. The summed E-state index contributed by atoms with van der Waals surface area (Å²) in [6, 6.07) is 14.4. The summed E-state index contributed by atoms with van der Waals surface area (Å²) in [7, 11) is 1.64. The van der Waals surface area contributed by atoms with Crippen LogP contribution >= 0.6 is 0 Å². The van der Waals surface area contributed by atoms with Crippen molar-refractivity contribution >= 4 is 17.6 Å². The molecule has 0 spiro atoms. The summed E-state index contributed by atoms with van der Waals surface area (Å²) in [4.78, 5) is 7.88. The minimum atomic E-state index is -0.0119. The van der Waals surface area contributed by atoms with Gasteiger partial charge in [0.05, 0.1) is 0 Å². The number of nitrogens with two attached hydrogens (primary N) is 3. The molecule has 0 radical (unpaired) electrons. The number of rotatable bonds is 4. The molecule has 2 aromatic carbocycles. The van der Waals surface area contributed by atoms with Crippen molar-refractivity contribution in [3.05, 3.63) is 54.1 Å². The molecule has 2 aromatic heterocycles. The zero-order valence-electron chi connectivity index (χ0n) is 15.9. The van der Waals surface area contributed by atoms with Crippen molar-refractivity contribution in [2.24, 2.45) is 7.05 Å². The molecule has 2 heterocycles. The molecule has 11 nitrogen and oxygen atoms in total. The zero-order chi connectivity index (χ0) is 21.3. The van der Waals surface area contributed by atoms with Gasteiger partial charge >= 0.3 is 0 Å². The van der Waals surface area contributed by atoms with Gasteiger partial charge in [0, 0.05) is 18.2 Å². The molecule has 0 amide bonds. The van der Waals surface area contributed by atoms with Gasteiger partial charge in [0.25, 0.3) is 0 Å². The summed E-state index contributed by atoms with van der Waals surface area (Å²) in [5.41, 5.74) is 19.7. The van der Waals surface area contributed by atoms with E-state index in [1.807, 2.05) is 12.1 Å². The lowest BCUT2D eigenvalue weighted by molar-refractivity contribution is 0.483. The van der Waals surface area contributed by atoms with E-state index in [4.69, 9.17) is 27.3 Å². The van der Waals surface area contributed by atoms with Crippen LogP contribution in [0.3, 0.4) is 0 Å². The second-order valence-corrected chi connectivity index (χ2v) is 6.35. The van der Waals surface area contributed by atoms with Gasteiger partial charge < -0.3 is 21.9 Å². The molecular weight excluding hydrogens is 384 g/mol. The Kier molecular flexibility index (Phi) is 4.68. The van der Waals surface area contributed by atoms with Crippen LogP contribution in [0, 0.1) is 5.41 Å². The third-order valence-corrected chi connectivity index (χ3v) is 4.25. The first kappa shape index (κ1) is 18.8. The van der Waals surface area contributed by atoms with E-state index < -0.39 is 0 Å². The predicted molar refractivity (Wildman–Crippen MR) is 111 cm³/mol. The number of hydrogen-bond donors (Lipinski definition) is 4. The highest BCUT2D eigenvalue weighted by atomic mass is 16.5. The molecule has 0 bridgehead atoms. The number of anilines is 3. The first-order chi connectivity index (χ1) is 14.4. The van der Waals surface area contributed by atoms with Gasteiger partial charge in [-0.2, -0.15) is 15.1 Å². The van der Waals surface area contributed by atoms with E-state index in [9.17, 15) is 0 Å². The Labute approximate surface area is 170 Å². The smallest absolute Gasteiger partial charge is 0.242 e. The van der Waals surface area contributed by atoms with Crippen LogP contribution in [0.25, 0.3) is 22.5 Å². The highest BCUT2D eigenvalue weighted by Gasteiger charge is 2.10. The minimum Gasteiger partial charge on any atom is -0.457 e. The first-order valence-corrected chi connectivity index (χ1v) is 8.80. The molecule has 0 atom stereocenters. The summed E-state index contributed by atoms with van der Waals surface area (Å²) in [5.74, 6) is 1.69. The van der Waals surface area contributed by atoms with Crippen molar-refractivity contribution < 1.29 is 4.74 Å². The second kappa shape index (κ2) is 7.47. The third-order valence-electron chi connectivity index (χ3n) is 4.25. The summed E-state index contributed by atoms with van der Waals surface area (Å²) in [5, 5.41) is 19.6. The van der Waals surface area contributed by atoms with Crippen molar-refractivity contribution in [2.45, 2.75) is 0 Å². The number of aryl methyl sites for hydroxylation is 1. The van der Waals surface area contributed by atoms with Gasteiger partial charge in [0.2, 0.25) is 11.6 Å². The molecule has 0 unspecified atom stereocenters. The average Bonchev–Trinajstić information content (AvgIpc) is 2.72. The number of aromatic nitrogens is 6. The Balaban J connectivity index is 1.52. The molecule has 0 aliphatic heterocycles. The van der Waals surface area contributed by atoms with Crippen molar-refractivity contribution in [1.82, 2.24) is 29.9 Å². The van der Waals surface area contributed by atoms with Crippen molar-refractivity contribution in [1.29, 1.82) is 5.41 Å². The quantitative estimate of drug-likeness (QED) is 0.391. The Morgan fingerprint density at radius 1 is 0.767 bits per heavy atom. The molecule has 0 aliphatic carbocycles. The maximum absolute atomic E-state index is 7.64. The predicted octanol–water partition coefficient (Wildman–Crippen LogP) is 1.35. The van der Waals surface area contributed by atoms with Crippen LogP contribution in [0.1, 0.15) is 0 Å². The van der Waals surface area contributed by atoms with Crippen LogP contribution < -0.4 is 27.6 Å². The zero-order valence-corrected chi connectivity index (χ0v) is 15.9. The minimum absolute atomic E-state index is 0.0119. The fourth-order valence-corrected chi connectivity index (χ4v) is 2.75. The van der Waals surface area contributed by atoms with E-state index in [0.717, 1.165) is 11.1 Å². The maximum atomic E-state index is 7.64. The Morgan fingerprint density at radius 2 is 1.30 bits per heavy atom. The lowest BCUT2D eigenvalue weighted by Crippen LogP contribution is -2.24. The number of nitrogen functional groups attached to an aromatic ring is 3. The molecule has 0 fully saturated rings. The van der Waals surface area contributed by atoms with Gasteiger partial charge in [0.15, 0.2) is 11.6 Å². The van der Waals surface area contributed by atoms with Crippen molar-refractivity contribution in [3.8, 4) is 34.0 Å². The molecule has 150 valence electrons. The van der Waals surface area contributed by atoms with Gasteiger partial charge in [-0.05, 0) is 48.5 Å². The molecule has 11 heteroatoms. The molecule has 30 heavy (non-hydrogen) atoms. The van der Waals surface area contributed by atoms with E-state index >= 15 is 0 Å². The number of nitrogens with zero attached hydrogens (tertiary/aromatic N) is 6. The fraction of sp³-hybridized carbons (Fsp3) is 0.0526. The Bertz CT molecular complexity index is 1270. The molecular formula is C19H18N10O. The maximum Gasteiger partial charge on any atom is 0.242 e. The van der Waals surface area contributed by atoms with Crippen molar-refractivity contribution in [2.75, 3.05) is 17.2 Å². The molecule has 4 aromatic rings. The van der Waals surface area contributed by atoms with Gasteiger partial charge in [-0.25, -0.2) is 4.68 Å². The third kappa shape index (κ3) is 3.71. The van der Waals surface area contributed by atoms with Gasteiger partial charge in [-0.15, -0.1) is 10.2 Å². The van der Waals surface area contributed by atoms with Crippen LogP contribution in [0.5, 0.6) is 11.5 Å². The van der Waals surface area contributed by atoms with Crippen LogP contribution in [0.4, 0.5) is 17.6 Å². The number of ether oxygens (including phenoxy) is 1. The normalized spacial score (nSPS) is 10.7. The van der Waals surface area contributed by atoms with E-state index in [1.54, 1.807) is 43.4 Å². The fourth-order valence-electron chi connectivity index (χ4n) is 2.75. The Morgan fingerprint density at radius 3 is 1.87 bits per heavy atom. The van der Waals surface area contributed by atoms with Crippen LogP contribution in [0.15, 0.2) is 48.5 Å². The van der Waals surface area contributed by atoms with Crippen LogP contribution in [0.2, 0.25) is 0 Å². The lowest BCUT2D eigenvalue weighted by atomic mass is 10.1. The molecule has 0 saturated heterocycles. The van der Waals surface area contributed by atoms with Gasteiger partial charge in [-0.1, -0.05) is 0 Å². The largest absolute Gasteiger partial charge is 0.457 e. The lowest BCUT2D eigenvalue weighted by Gasteiger charge is -2.09. The summed E-state index contributed by atoms with van der Waals surface area (Å²) < 4.78 is 7.23. The summed E-state index contributed by atoms with van der Waals surface area (Å²) in [6.45, 7) is 0. The standard InChI is InChI=1S/C19H18N10O/c1-29-19(23)25-17(21)15(28-29)11-4-8-13(9-5-11)30-12-6-2-10(3-7-12)14-16(20)24-18(22)27-26-14/h2-9H,1H3,(H3,21,23,25)(H4,20,22,24,27). The van der Waals surface area contributed by atoms with Crippen molar-refractivity contribution in [3.63, 3.8) is 0 Å². The van der Waals surface area contributed by atoms with Crippen LogP contribution in [-0.4, -0.2) is 29.9 Å². The molecule has 4 rings (SSSR count). The number of benzene rings is 2. The number of hydrogen-bond acceptors (Lipinski definition) is 10. The first-order valence-electron chi connectivity index (χ1n) is 8.80. The van der Waals surface area contributed by atoms with E-state index in [0.29, 0.717) is 22.9 Å². The topological polar surface area (TPSA) is 181 Å². The monoisotopic (exact) mass is 402 g/mol. The SMILES string of the molecule is Cn1nc(-c2ccc(Oc3ccc(-c4nnc(N)nc4N)cc3)cc2)c(N)nc1=N.